The minimum absolute atomic E-state index is 0.0791. The van der Waals surface area contributed by atoms with E-state index in [4.69, 9.17) is 5.26 Å². The van der Waals surface area contributed by atoms with Crippen LogP contribution in [0, 0.1) is 11.3 Å². The van der Waals surface area contributed by atoms with E-state index in [2.05, 4.69) is 37.2 Å². The monoisotopic (exact) mass is 242 g/mol. The summed E-state index contributed by atoms with van der Waals surface area (Å²) in [6.07, 6.45) is 0. The molecule has 0 radical (unpaired) electrons. The molecule has 2 aromatic rings. The van der Waals surface area contributed by atoms with E-state index in [9.17, 15) is 0 Å². The fourth-order valence-electron chi connectivity index (χ4n) is 1.50. The summed E-state index contributed by atoms with van der Waals surface area (Å²) >= 11 is 1.67. The zero-order valence-corrected chi connectivity index (χ0v) is 11.0. The van der Waals surface area contributed by atoms with E-state index in [0.717, 1.165) is 16.3 Å². The van der Waals surface area contributed by atoms with Crippen LogP contribution in [-0.4, -0.2) is 4.98 Å². The van der Waals surface area contributed by atoms with Gasteiger partial charge in [-0.3, -0.25) is 0 Å². The second kappa shape index (κ2) is 4.31. The predicted octanol–water partition coefficient (Wildman–Crippen LogP) is 3.98. The fraction of sp³-hybridized carbons (Fsp3) is 0.286. The second-order valence-corrected chi connectivity index (χ2v) is 5.84. The molecular formula is C14H14N2S. The molecule has 0 unspecified atom stereocenters. The van der Waals surface area contributed by atoms with E-state index < -0.39 is 0 Å². The Morgan fingerprint density at radius 2 is 2.06 bits per heavy atom. The van der Waals surface area contributed by atoms with Gasteiger partial charge in [-0.15, -0.1) is 11.3 Å². The summed E-state index contributed by atoms with van der Waals surface area (Å²) < 4.78 is 0. The van der Waals surface area contributed by atoms with Crippen molar-refractivity contribution in [3.63, 3.8) is 0 Å². The van der Waals surface area contributed by atoms with E-state index in [1.54, 1.807) is 17.4 Å². The van der Waals surface area contributed by atoms with E-state index in [1.807, 2.05) is 18.2 Å². The first-order valence-electron chi connectivity index (χ1n) is 5.47. The maximum Gasteiger partial charge on any atom is 0.0991 e. The van der Waals surface area contributed by atoms with E-state index >= 15 is 0 Å². The lowest BCUT2D eigenvalue weighted by atomic mass is 9.98. The van der Waals surface area contributed by atoms with Crippen LogP contribution in [0.5, 0.6) is 0 Å². The maximum absolute atomic E-state index is 8.88. The number of nitriles is 1. The zero-order chi connectivity index (χ0) is 12.5. The Kier molecular flexibility index (Phi) is 2.99. The molecule has 3 heteroatoms. The second-order valence-electron chi connectivity index (χ2n) is 4.98. The third-order valence-corrected chi connectivity index (χ3v) is 3.70. The molecule has 0 spiro atoms. The molecule has 17 heavy (non-hydrogen) atoms. The van der Waals surface area contributed by atoms with Gasteiger partial charge in [-0.2, -0.15) is 5.26 Å². The van der Waals surface area contributed by atoms with Crippen molar-refractivity contribution in [3.05, 3.63) is 40.2 Å². The topological polar surface area (TPSA) is 36.7 Å². The lowest BCUT2D eigenvalue weighted by molar-refractivity contribution is 0.586. The molecule has 0 aliphatic rings. The highest BCUT2D eigenvalue weighted by Crippen LogP contribution is 2.29. The van der Waals surface area contributed by atoms with Gasteiger partial charge in [0.1, 0.15) is 0 Å². The molecule has 1 heterocycles. The van der Waals surface area contributed by atoms with Crippen LogP contribution < -0.4 is 0 Å². The average Bonchev–Trinajstić information content (AvgIpc) is 2.78. The van der Waals surface area contributed by atoms with Crippen LogP contribution in [0.15, 0.2) is 29.6 Å². The van der Waals surface area contributed by atoms with Gasteiger partial charge in [0, 0.05) is 16.4 Å². The van der Waals surface area contributed by atoms with Gasteiger partial charge in [-0.05, 0) is 12.1 Å². The van der Waals surface area contributed by atoms with Crippen LogP contribution in [0.2, 0.25) is 0 Å². The Hall–Kier alpha value is -1.66. The normalized spacial score (nSPS) is 11.2. The molecule has 0 atom stereocenters. The van der Waals surface area contributed by atoms with E-state index in [1.165, 1.54) is 0 Å². The van der Waals surface area contributed by atoms with Gasteiger partial charge in [0.05, 0.1) is 22.3 Å². The summed E-state index contributed by atoms with van der Waals surface area (Å²) in [6, 6.07) is 9.71. The molecular weight excluding hydrogens is 228 g/mol. The molecule has 0 fully saturated rings. The van der Waals surface area contributed by atoms with Crippen molar-refractivity contribution in [3.8, 4) is 17.3 Å². The number of benzene rings is 1. The average molecular weight is 242 g/mol. The summed E-state index contributed by atoms with van der Waals surface area (Å²) in [7, 11) is 0. The lowest BCUT2D eigenvalue weighted by Crippen LogP contribution is -2.10. The van der Waals surface area contributed by atoms with Crippen LogP contribution >= 0.6 is 11.3 Å². The molecule has 1 aromatic heterocycles. The van der Waals surface area contributed by atoms with E-state index in [0.29, 0.717) is 5.56 Å². The van der Waals surface area contributed by atoms with Crippen molar-refractivity contribution in [2.24, 2.45) is 0 Å². The van der Waals surface area contributed by atoms with Gasteiger partial charge in [0.25, 0.3) is 0 Å². The summed E-state index contributed by atoms with van der Waals surface area (Å²) in [4.78, 5) is 4.64. The third-order valence-electron chi connectivity index (χ3n) is 2.43. The first kappa shape index (κ1) is 11.8. The number of aromatic nitrogens is 1. The molecule has 2 rings (SSSR count). The largest absolute Gasteiger partial charge is 0.241 e. The SMILES string of the molecule is CC(C)(C)c1nc(-c2cccc(C#N)c2)cs1. The Labute approximate surface area is 106 Å². The first-order chi connectivity index (χ1) is 8.00. The minimum atomic E-state index is 0.0791. The quantitative estimate of drug-likeness (QED) is 0.758. The van der Waals surface area contributed by atoms with Gasteiger partial charge in [0.2, 0.25) is 0 Å². The predicted molar refractivity (Wildman–Crippen MR) is 71.0 cm³/mol. The van der Waals surface area contributed by atoms with E-state index in [-0.39, 0.29) is 5.41 Å². The maximum atomic E-state index is 8.88. The molecule has 0 bridgehead atoms. The highest BCUT2D eigenvalue weighted by atomic mass is 32.1. The Morgan fingerprint density at radius 3 is 2.65 bits per heavy atom. The smallest absolute Gasteiger partial charge is 0.0991 e. The van der Waals surface area contributed by atoms with Crippen LogP contribution in [0.1, 0.15) is 31.3 Å². The van der Waals surface area contributed by atoms with Crippen molar-refractivity contribution in [1.82, 2.24) is 4.98 Å². The van der Waals surface area contributed by atoms with Gasteiger partial charge >= 0.3 is 0 Å². The number of rotatable bonds is 1. The molecule has 0 saturated heterocycles. The minimum Gasteiger partial charge on any atom is -0.241 e. The Balaban J connectivity index is 2.41. The molecule has 0 saturated carbocycles. The zero-order valence-electron chi connectivity index (χ0n) is 10.2. The lowest BCUT2D eigenvalue weighted by Gasteiger charge is -2.13. The van der Waals surface area contributed by atoms with Crippen LogP contribution in [0.25, 0.3) is 11.3 Å². The molecule has 0 aliphatic heterocycles. The van der Waals surface area contributed by atoms with Gasteiger partial charge in [-0.1, -0.05) is 32.9 Å². The third kappa shape index (κ3) is 2.54. The van der Waals surface area contributed by atoms with Crippen LogP contribution in [0.3, 0.4) is 0 Å². The van der Waals surface area contributed by atoms with Crippen molar-refractivity contribution in [2.75, 3.05) is 0 Å². The van der Waals surface area contributed by atoms with Crippen molar-refractivity contribution < 1.29 is 0 Å². The molecule has 1 aromatic carbocycles. The summed E-state index contributed by atoms with van der Waals surface area (Å²) in [5.41, 5.74) is 2.72. The first-order valence-corrected chi connectivity index (χ1v) is 6.35. The Bertz CT molecular complexity index is 570. The highest BCUT2D eigenvalue weighted by molar-refractivity contribution is 7.10. The van der Waals surface area contributed by atoms with Crippen molar-refractivity contribution in [2.45, 2.75) is 26.2 Å². The van der Waals surface area contributed by atoms with Crippen LogP contribution in [-0.2, 0) is 5.41 Å². The Morgan fingerprint density at radius 1 is 1.29 bits per heavy atom. The fourth-order valence-corrected chi connectivity index (χ4v) is 2.42. The summed E-state index contributed by atoms with van der Waals surface area (Å²) in [5, 5.41) is 12.0. The summed E-state index contributed by atoms with van der Waals surface area (Å²) in [6.45, 7) is 6.46. The van der Waals surface area contributed by atoms with Gasteiger partial charge < -0.3 is 0 Å². The van der Waals surface area contributed by atoms with Crippen molar-refractivity contribution in [1.29, 1.82) is 5.26 Å². The number of hydrogen-bond acceptors (Lipinski definition) is 3. The van der Waals surface area contributed by atoms with Crippen molar-refractivity contribution >= 4 is 11.3 Å². The number of hydrogen-bond donors (Lipinski definition) is 0. The molecule has 0 N–H and O–H groups in total. The molecule has 2 nitrogen and oxygen atoms in total. The van der Waals surface area contributed by atoms with Gasteiger partial charge in [-0.25, -0.2) is 4.98 Å². The van der Waals surface area contributed by atoms with Crippen LogP contribution in [0.4, 0.5) is 0 Å². The van der Waals surface area contributed by atoms with Gasteiger partial charge in [0.15, 0.2) is 0 Å². The molecule has 0 aliphatic carbocycles. The summed E-state index contributed by atoms with van der Waals surface area (Å²) in [5.74, 6) is 0. The highest BCUT2D eigenvalue weighted by Gasteiger charge is 2.18. The molecule has 86 valence electrons. The number of thiazole rings is 1. The molecule has 0 amide bonds. The standard InChI is InChI=1S/C14H14N2S/c1-14(2,3)13-16-12(9-17-13)11-6-4-5-10(7-11)8-15/h4-7,9H,1-3H3. The number of nitrogens with zero attached hydrogens (tertiary/aromatic N) is 2.